The SMILES string of the molecule is Cc1cc(OC(=O)C(C)c2nc(C(F)(F)F)cc(C(F)(F)F)n2)ccc1N. The molecule has 2 rings (SSSR count). The number of nitrogen functional groups attached to an aromatic ring is 1. The molecule has 0 bridgehead atoms. The van der Waals surface area contributed by atoms with Crippen molar-refractivity contribution in [2.75, 3.05) is 5.73 Å². The van der Waals surface area contributed by atoms with Gasteiger partial charge < -0.3 is 10.5 Å². The number of carbonyl (C=O) groups is 1. The number of aryl methyl sites for hydroxylation is 1. The molecule has 0 fully saturated rings. The molecule has 1 atom stereocenters. The number of halogens is 6. The van der Waals surface area contributed by atoms with Crippen LogP contribution in [0.2, 0.25) is 0 Å². The molecule has 0 aliphatic rings. The highest BCUT2D eigenvalue weighted by atomic mass is 19.4. The van der Waals surface area contributed by atoms with E-state index in [1.165, 1.54) is 18.2 Å². The van der Waals surface area contributed by atoms with Gasteiger partial charge in [-0.25, -0.2) is 9.97 Å². The van der Waals surface area contributed by atoms with Crippen molar-refractivity contribution < 1.29 is 35.9 Å². The van der Waals surface area contributed by atoms with Crippen LogP contribution < -0.4 is 10.5 Å². The molecule has 0 saturated heterocycles. The zero-order valence-corrected chi connectivity index (χ0v) is 13.9. The Balaban J connectivity index is 2.37. The van der Waals surface area contributed by atoms with Crippen molar-refractivity contribution in [2.45, 2.75) is 32.1 Å². The Morgan fingerprint density at radius 2 is 1.56 bits per heavy atom. The summed E-state index contributed by atoms with van der Waals surface area (Å²) in [7, 11) is 0. The first-order valence-corrected chi connectivity index (χ1v) is 7.40. The van der Waals surface area contributed by atoms with E-state index in [-0.39, 0.29) is 11.8 Å². The van der Waals surface area contributed by atoms with Crippen LogP contribution in [0.15, 0.2) is 24.3 Å². The number of rotatable bonds is 3. The minimum Gasteiger partial charge on any atom is -0.426 e. The van der Waals surface area contributed by atoms with E-state index in [9.17, 15) is 31.1 Å². The molecule has 1 aromatic carbocycles. The second-order valence-corrected chi connectivity index (χ2v) is 5.65. The molecule has 5 nitrogen and oxygen atoms in total. The molecule has 146 valence electrons. The number of esters is 1. The summed E-state index contributed by atoms with van der Waals surface area (Å²) in [5.74, 6) is -3.62. The molecule has 1 unspecified atom stereocenters. The third kappa shape index (κ3) is 4.86. The fraction of sp³-hybridized carbons (Fsp3) is 0.312. The van der Waals surface area contributed by atoms with Crippen LogP contribution >= 0.6 is 0 Å². The van der Waals surface area contributed by atoms with Gasteiger partial charge in [0.2, 0.25) is 0 Å². The summed E-state index contributed by atoms with van der Waals surface area (Å²) < 4.78 is 82.0. The molecule has 1 heterocycles. The summed E-state index contributed by atoms with van der Waals surface area (Å²) in [6.45, 7) is 2.67. The van der Waals surface area contributed by atoms with Crippen molar-refractivity contribution in [1.29, 1.82) is 0 Å². The van der Waals surface area contributed by atoms with Crippen molar-refractivity contribution in [3.05, 3.63) is 47.0 Å². The molecule has 27 heavy (non-hydrogen) atoms. The molecular formula is C16H13F6N3O2. The topological polar surface area (TPSA) is 78.1 Å². The molecular weight excluding hydrogens is 380 g/mol. The van der Waals surface area contributed by atoms with Gasteiger partial charge in [0, 0.05) is 5.69 Å². The van der Waals surface area contributed by atoms with Crippen LogP contribution in [0.5, 0.6) is 5.75 Å². The highest BCUT2D eigenvalue weighted by Crippen LogP contribution is 2.34. The molecule has 2 N–H and O–H groups in total. The van der Waals surface area contributed by atoms with Gasteiger partial charge in [-0.2, -0.15) is 26.3 Å². The quantitative estimate of drug-likeness (QED) is 0.368. The Hall–Kier alpha value is -2.85. The van der Waals surface area contributed by atoms with E-state index in [0.717, 1.165) is 6.92 Å². The number of hydrogen-bond donors (Lipinski definition) is 1. The van der Waals surface area contributed by atoms with Crippen LogP contribution in [0.3, 0.4) is 0 Å². The summed E-state index contributed by atoms with van der Waals surface area (Å²) in [6.07, 6.45) is -10.3. The summed E-state index contributed by atoms with van der Waals surface area (Å²) in [5.41, 5.74) is 2.99. The third-order valence-corrected chi connectivity index (χ3v) is 3.52. The number of anilines is 1. The van der Waals surface area contributed by atoms with Gasteiger partial charge in [0.1, 0.15) is 28.9 Å². The molecule has 0 radical (unpaired) electrons. The van der Waals surface area contributed by atoms with Crippen LogP contribution in [0.25, 0.3) is 0 Å². The van der Waals surface area contributed by atoms with Gasteiger partial charge in [-0.15, -0.1) is 0 Å². The van der Waals surface area contributed by atoms with E-state index in [1.807, 2.05) is 0 Å². The predicted octanol–water partition coefficient (Wildman–Crippen LogP) is 4.11. The maximum absolute atomic E-state index is 12.8. The summed E-state index contributed by atoms with van der Waals surface area (Å²) in [5, 5.41) is 0. The van der Waals surface area contributed by atoms with Gasteiger partial charge in [0.15, 0.2) is 0 Å². The minimum atomic E-state index is -5.14. The average molecular weight is 393 g/mol. The fourth-order valence-corrected chi connectivity index (χ4v) is 1.97. The summed E-state index contributed by atoms with van der Waals surface area (Å²) in [4.78, 5) is 18.2. The number of carbonyl (C=O) groups excluding carboxylic acids is 1. The lowest BCUT2D eigenvalue weighted by molar-refractivity contribution is -0.148. The van der Waals surface area contributed by atoms with Gasteiger partial charge in [-0.05, 0) is 43.7 Å². The van der Waals surface area contributed by atoms with E-state index >= 15 is 0 Å². The molecule has 0 aliphatic heterocycles. The summed E-state index contributed by atoms with van der Waals surface area (Å²) in [6, 6.07) is 3.95. The highest BCUT2D eigenvalue weighted by Gasteiger charge is 2.40. The molecule has 0 aliphatic carbocycles. The Labute approximate surface area is 149 Å². The van der Waals surface area contributed by atoms with Crippen LogP contribution in [0.1, 0.15) is 35.6 Å². The van der Waals surface area contributed by atoms with Gasteiger partial charge >= 0.3 is 18.3 Å². The first-order chi connectivity index (χ1) is 12.3. The predicted molar refractivity (Wildman–Crippen MR) is 81.7 cm³/mol. The van der Waals surface area contributed by atoms with E-state index in [1.54, 1.807) is 6.92 Å². The number of benzene rings is 1. The molecule has 0 amide bonds. The number of nitrogens with zero attached hydrogens (tertiary/aromatic N) is 2. The van der Waals surface area contributed by atoms with Crippen LogP contribution in [-0.2, 0) is 17.1 Å². The van der Waals surface area contributed by atoms with Crippen LogP contribution in [0.4, 0.5) is 32.0 Å². The van der Waals surface area contributed by atoms with Gasteiger partial charge in [-0.1, -0.05) is 0 Å². The number of alkyl halides is 6. The van der Waals surface area contributed by atoms with Crippen LogP contribution in [-0.4, -0.2) is 15.9 Å². The third-order valence-electron chi connectivity index (χ3n) is 3.52. The van der Waals surface area contributed by atoms with Crippen molar-refractivity contribution in [1.82, 2.24) is 9.97 Å². The number of nitrogens with two attached hydrogens (primary N) is 1. The van der Waals surface area contributed by atoms with Gasteiger partial charge in [0.05, 0.1) is 0 Å². The van der Waals surface area contributed by atoms with Crippen molar-refractivity contribution in [3.63, 3.8) is 0 Å². The number of aromatic nitrogens is 2. The molecule has 11 heteroatoms. The minimum absolute atomic E-state index is 0.0292. The second-order valence-electron chi connectivity index (χ2n) is 5.65. The van der Waals surface area contributed by atoms with E-state index in [2.05, 4.69) is 9.97 Å². The normalized spacial score (nSPS) is 13.3. The number of hydrogen-bond acceptors (Lipinski definition) is 5. The fourth-order valence-electron chi connectivity index (χ4n) is 1.97. The lowest BCUT2D eigenvalue weighted by Gasteiger charge is -2.15. The molecule has 0 spiro atoms. The van der Waals surface area contributed by atoms with E-state index in [0.29, 0.717) is 11.3 Å². The Bertz CT molecular complexity index is 832. The van der Waals surface area contributed by atoms with Crippen molar-refractivity contribution in [2.24, 2.45) is 0 Å². The largest absolute Gasteiger partial charge is 0.433 e. The first-order valence-electron chi connectivity index (χ1n) is 7.40. The van der Waals surface area contributed by atoms with Gasteiger partial charge in [0.25, 0.3) is 0 Å². The van der Waals surface area contributed by atoms with Gasteiger partial charge in [-0.3, -0.25) is 4.79 Å². The second kappa shape index (κ2) is 7.05. The molecule has 2 aromatic rings. The zero-order chi connectivity index (χ0) is 20.6. The molecule has 0 saturated carbocycles. The van der Waals surface area contributed by atoms with Crippen LogP contribution in [0, 0.1) is 6.92 Å². The number of ether oxygens (including phenoxy) is 1. The maximum atomic E-state index is 12.8. The standard InChI is InChI=1S/C16H13F6N3O2/c1-7-5-9(3-4-10(7)23)27-14(26)8(2)13-24-11(15(17,18)19)6-12(25-13)16(20,21)22/h3-6,8H,23H2,1-2H3. The monoisotopic (exact) mass is 393 g/mol. The first kappa shape index (κ1) is 20.5. The van der Waals surface area contributed by atoms with E-state index < -0.39 is 41.5 Å². The Morgan fingerprint density at radius 3 is 2.00 bits per heavy atom. The lowest BCUT2D eigenvalue weighted by atomic mass is 10.1. The highest BCUT2D eigenvalue weighted by molar-refractivity contribution is 5.79. The average Bonchev–Trinajstić information content (AvgIpc) is 2.55. The Kier molecular flexibility index (Phi) is 5.34. The van der Waals surface area contributed by atoms with Crippen molar-refractivity contribution >= 4 is 11.7 Å². The zero-order valence-electron chi connectivity index (χ0n) is 13.9. The maximum Gasteiger partial charge on any atom is 0.433 e. The Morgan fingerprint density at radius 1 is 1.04 bits per heavy atom. The summed E-state index contributed by atoms with van der Waals surface area (Å²) >= 11 is 0. The smallest absolute Gasteiger partial charge is 0.426 e. The lowest BCUT2D eigenvalue weighted by Crippen LogP contribution is -2.23. The van der Waals surface area contributed by atoms with Crippen molar-refractivity contribution in [3.8, 4) is 5.75 Å². The molecule has 1 aromatic heterocycles. The van der Waals surface area contributed by atoms with E-state index in [4.69, 9.17) is 10.5 Å².